The van der Waals surface area contributed by atoms with Crippen molar-refractivity contribution < 1.29 is 14.3 Å². The fourth-order valence-corrected chi connectivity index (χ4v) is 3.35. The molecule has 6 heteroatoms. The molecule has 2 amide bonds. The molecule has 3 aromatic rings. The van der Waals surface area contributed by atoms with Crippen LogP contribution in [0.5, 0.6) is 5.75 Å². The van der Waals surface area contributed by atoms with Gasteiger partial charge in [0.15, 0.2) is 6.61 Å². The maximum Gasteiger partial charge on any atom is 0.262 e. The number of rotatable bonds is 8. The Morgan fingerprint density at radius 1 is 0.828 bits per heavy atom. The molecule has 0 saturated heterocycles. The number of carbonyl (C=O) groups excluding carboxylic acids is 2. The molecule has 3 rings (SSSR count). The Morgan fingerprint density at radius 3 is 2.28 bits per heavy atom. The van der Waals surface area contributed by atoms with Crippen LogP contribution in [0.3, 0.4) is 0 Å². The van der Waals surface area contributed by atoms with E-state index in [0.29, 0.717) is 11.4 Å². The van der Waals surface area contributed by atoms with Crippen molar-refractivity contribution in [2.45, 2.75) is 11.8 Å². The third-order valence-corrected chi connectivity index (χ3v) is 4.90. The van der Waals surface area contributed by atoms with Crippen LogP contribution >= 0.6 is 11.8 Å². The van der Waals surface area contributed by atoms with Crippen molar-refractivity contribution in [2.75, 3.05) is 23.0 Å². The van der Waals surface area contributed by atoms with Gasteiger partial charge in [-0.3, -0.25) is 9.59 Å². The lowest BCUT2D eigenvalue weighted by atomic mass is 10.2. The standard InChI is InChI=1S/C23H22N2O3S/c1-17-7-5-8-18(13-17)25-23(27)16-29-21-12-6-9-19(14-21)24-22(26)15-28-20-10-3-2-4-11-20/h2-14H,15-16H2,1H3,(H,24,26)(H,25,27). The van der Waals surface area contributed by atoms with Gasteiger partial charge in [0.25, 0.3) is 5.91 Å². The number of carbonyl (C=O) groups is 2. The summed E-state index contributed by atoms with van der Waals surface area (Å²) in [7, 11) is 0. The van der Waals surface area contributed by atoms with Gasteiger partial charge in [-0.05, 0) is 55.0 Å². The van der Waals surface area contributed by atoms with Crippen molar-refractivity contribution in [3.63, 3.8) is 0 Å². The summed E-state index contributed by atoms with van der Waals surface area (Å²) in [5.74, 6) is 0.605. The van der Waals surface area contributed by atoms with Crippen LogP contribution in [0.2, 0.25) is 0 Å². The van der Waals surface area contributed by atoms with E-state index >= 15 is 0 Å². The number of thioether (sulfide) groups is 1. The number of anilines is 2. The largest absolute Gasteiger partial charge is 0.484 e. The molecule has 0 unspecified atom stereocenters. The van der Waals surface area contributed by atoms with Gasteiger partial charge in [-0.1, -0.05) is 36.4 Å². The third kappa shape index (κ3) is 7.01. The zero-order valence-corrected chi connectivity index (χ0v) is 16.9. The van der Waals surface area contributed by atoms with Crippen molar-refractivity contribution in [3.05, 3.63) is 84.4 Å². The number of amides is 2. The fraction of sp³-hybridized carbons (Fsp3) is 0.130. The predicted octanol–water partition coefficient (Wildman–Crippen LogP) is 4.74. The SMILES string of the molecule is Cc1cccc(NC(=O)CSc2cccc(NC(=O)COc3ccccc3)c2)c1. The van der Waals surface area contributed by atoms with E-state index in [1.165, 1.54) is 11.8 Å². The lowest BCUT2D eigenvalue weighted by Gasteiger charge is -2.09. The molecule has 0 aliphatic heterocycles. The second-order valence-corrected chi connectivity index (χ2v) is 7.43. The van der Waals surface area contributed by atoms with Crippen LogP contribution in [-0.2, 0) is 9.59 Å². The average Bonchev–Trinajstić information content (AvgIpc) is 2.72. The molecule has 0 saturated carbocycles. The van der Waals surface area contributed by atoms with Crippen LogP contribution in [0.25, 0.3) is 0 Å². The normalized spacial score (nSPS) is 10.2. The first-order chi connectivity index (χ1) is 14.1. The molecule has 0 radical (unpaired) electrons. The van der Waals surface area contributed by atoms with Gasteiger partial charge >= 0.3 is 0 Å². The Labute approximate surface area is 174 Å². The summed E-state index contributed by atoms with van der Waals surface area (Å²) >= 11 is 1.41. The lowest BCUT2D eigenvalue weighted by molar-refractivity contribution is -0.118. The molecule has 148 valence electrons. The minimum atomic E-state index is -0.242. The zero-order chi connectivity index (χ0) is 20.5. The number of hydrogen-bond acceptors (Lipinski definition) is 4. The molecule has 3 aromatic carbocycles. The van der Waals surface area contributed by atoms with E-state index in [0.717, 1.165) is 16.1 Å². The highest BCUT2D eigenvalue weighted by Crippen LogP contribution is 2.22. The van der Waals surface area contributed by atoms with Gasteiger partial charge < -0.3 is 15.4 Å². The molecule has 29 heavy (non-hydrogen) atoms. The predicted molar refractivity (Wildman–Crippen MR) is 118 cm³/mol. The van der Waals surface area contributed by atoms with Crippen LogP contribution in [-0.4, -0.2) is 24.2 Å². The summed E-state index contributed by atoms with van der Waals surface area (Å²) in [5.41, 5.74) is 2.54. The summed E-state index contributed by atoms with van der Waals surface area (Å²) < 4.78 is 5.44. The minimum absolute atomic E-state index is 0.0692. The molecule has 0 aliphatic carbocycles. The van der Waals surface area contributed by atoms with Crippen LogP contribution in [0, 0.1) is 6.92 Å². The Kier molecular flexibility index (Phi) is 7.30. The summed E-state index contributed by atoms with van der Waals surface area (Å²) in [6, 6.07) is 24.2. The number of nitrogens with one attached hydrogen (secondary N) is 2. The van der Waals surface area contributed by atoms with Gasteiger partial charge in [-0.25, -0.2) is 0 Å². The van der Waals surface area contributed by atoms with Crippen molar-refractivity contribution in [2.24, 2.45) is 0 Å². The van der Waals surface area contributed by atoms with Crippen molar-refractivity contribution in [3.8, 4) is 5.75 Å². The maximum absolute atomic E-state index is 12.2. The quantitative estimate of drug-likeness (QED) is 0.530. The van der Waals surface area contributed by atoms with Gasteiger partial charge in [0.1, 0.15) is 5.75 Å². The first-order valence-electron chi connectivity index (χ1n) is 9.15. The van der Waals surface area contributed by atoms with E-state index in [4.69, 9.17) is 4.74 Å². The minimum Gasteiger partial charge on any atom is -0.484 e. The van der Waals surface area contributed by atoms with E-state index in [1.807, 2.05) is 67.6 Å². The summed E-state index contributed by atoms with van der Waals surface area (Å²) in [4.78, 5) is 25.1. The Hall–Kier alpha value is -3.25. The molecule has 0 aliphatic rings. The molecule has 2 N–H and O–H groups in total. The second-order valence-electron chi connectivity index (χ2n) is 6.38. The third-order valence-electron chi connectivity index (χ3n) is 3.90. The molecule has 0 heterocycles. The summed E-state index contributed by atoms with van der Waals surface area (Å²) in [6.07, 6.45) is 0. The van der Waals surface area contributed by atoms with E-state index in [9.17, 15) is 9.59 Å². The molecular weight excluding hydrogens is 384 g/mol. The van der Waals surface area contributed by atoms with E-state index < -0.39 is 0 Å². The van der Waals surface area contributed by atoms with Gasteiger partial charge in [0.2, 0.25) is 5.91 Å². The highest BCUT2D eigenvalue weighted by Gasteiger charge is 2.07. The first-order valence-corrected chi connectivity index (χ1v) is 10.1. The van der Waals surface area contributed by atoms with Crippen LogP contribution < -0.4 is 15.4 Å². The molecular formula is C23H22N2O3S. The average molecular weight is 407 g/mol. The Morgan fingerprint density at radius 2 is 1.52 bits per heavy atom. The van der Waals surface area contributed by atoms with Crippen LogP contribution in [0.1, 0.15) is 5.56 Å². The highest BCUT2D eigenvalue weighted by molar-refractivity contribution is 8.00. The van der Waals surface area contributed by atoms with Gasteiger partial charge in [0, 0.05) is 16.3 Å². The monoisotopic (exact) mass is 406 g/mol. The second kappa shape index (κ2) is 10.3. The first kappa shape index (κ1) is 20.5. The number of para-hydroxylation sites is 1. The molecule has 0 fully saturated rings. The maximum atomic E-state index is 12.2. The van der Waals surface area contributed by atoms with Gasteiger partial charge in [0.05, 0.1) is 5.75 Å². The summed E-state index contributed by atoms with van der Waals surface area (Å²) in [6.45, 7) is 1.91. The molecule has 0 atom stereocenters. The van der Waals surface area contributed by atoms with Gasteiger partial charge in [-0.15, -0.1) is 11.8 Å². The Bertz CT molecular complexity index is 977. The summed E-state index contributed by atoms with van der Waals surface area (Å²) in [5, 5.41) is 5.69. The van der Waals surface area contributed by atoms with Crippen molar-refractivity contribution in [1.29, 1.82) is 0 Å². The van der Waals surface area contributed by atoms with Crippen molar-refractivity contribution >= 4 is 35.0 Å². The Balaban J connectivity index is 1.47. The van der Waals surface area contributed by atoms with E-state index in [2.05, 4.69) is 10.6 Å². The van der Waals surface area contributed by atoms with Crippen LogP contribution in [0.15, 0.2) is 83.8 Å². The topological polar surface area (TPSA) is 67.4 Å². The van der Waals surface area contributed by atoms with Gasteiger partial charge in [-0.2, -0.15) is 0 Å². The fourth-order valence-electron chi connectivity index (χ4n) is 2.60. The number of aryl methyl sites for hydroxylation is 1. The molecule has 0 spiro atoms. The van der Waals surface area contributed by atoms with E-state index in [-0.39, 0.29) is 24.2 Å². The van der Waals surface area contributed by atoms with Crippen LogP contribution in [0.4, 0.5) is 11.4 Å². The van der Waals surface area contributed by atoms with Crippen molar-refractivity contribution in [1.82, 2.24) is 0 Å². The lowest BCUT2D eigenvalue weighted by Crippen LogP contribution is -2.20. The highest BCUT2D eigenvalue weighted by atomic mass is 32.2. The molecule has 0 bridgehead atoms. The smallest absolute Gasteiger partial charge is 0.262 e. The number of ether oxygens (including phenoxy) is 1. The zero-order valence-electron chi connectivity index (χ0n) is 16.1. The number of hydrogen-bond donors (Lipinski definition) is 2. The number of benzene rings is 3. The van der Waals surface area contributed by atoms with E-state index in [1.54, 1.807) is 18.2 Å². The molecule has 5 nitrogen and oxygen atoms in total. The molecule has 0 aromatic heterocycles.